The van der Waals surface area contributed by atoms with E-state index in [9.17, 15) is 9.90 Å². The lowest BCUT2D eigenvalue weighted by molar-refractivity contribution is -0.145. The maximum atomic E-state index is 11.3. The maximum absolute atomic E-state index is 11.3. The van der Waals surface area contributed by atoms with Gasteiger partial charge in [0.05, 0.1) is 0 Å². The number of carbonyl (C=O) groups is 1. The highest BCUT2D eigenvalue weighted by Crippen LogP contribution is 2.36. The summed E-state index contributed by atoms with van der Waals surface area (Å²) >= 11 is 0. The minimum absolute atomic E-state index is 0.404. The molecule has 98 valence electrons. The Morgan fingerprint density at radius 3 is 2.63 bits per heavy atom. The second kappa shape index (κ2) is 4.42. The molecule has 5 nitrogen and oxygen atoms in total. The SMILES string of the molecule is O=C(O)C1(Nc2cc(-c3ccccc3)no2)CCC1. The van der Waals surface area contributed by atoms with Crippen molar-refractivity contribution < 1.29 is 14.4 Å². The highest BCUT2D eigenvalue weighted by Gasteiger charge is 2.45. The van der Waals surface area contributed by atoms with Crippen molar-refractivity contribution in [3.63, 3.8) is 0 Å². The van der Waals surface area contributed by atoms with Crippen LogP contribution < -0.4 is 5.32 Å². The maximum Gasteiger partial charge on any atom is 0.329 e. The number of nitrogens with one attached hydrogen (secondary N) is 1. The molecule has 19 heavy (non-hydrogen) atoms. The molecule has 0 amide bonds. The molecule has 1 saturated carbocycles. The second-order valence-corrected chi connectivity index (χ2v) is 4.81. The third-order valence-corrected chi connectivity index (χ3v) is 3.56. The fourth-order valence-corrected chi connectivity index (χ4v) is 2.24. The van der Waals surface area contributed by atoms with Crippen molar-refractivity contribution in [2.75, 3.05) is 5.32 Å². The highest BCUT2D eigenvalue weighted by molar-refractivity contribution is 5.83. The lowest BCUT2D eigenvalue weighted by Crippen LogP contribution is -2.52. The van der Waals surface area contributed by atoms with Gasteiger partial charge in [0, 0.05) is 11.6 Å². The van der Waals surface area contributed by atoms with E-state index in [2.05, 4.69) is 10.5 Å². The van der Waals surface area contributed by atoms with Gasteiger partial charge < -0.3 is 14.9 Å². The number of hydrogen-bond donors (Lipinski definition) is 2. The normalized spacial score (nSPS) is 16.6. The Morgan fingerprint density at radius 2 is 2.05 bits per heavy atom. The van der Waals surface area contributed by atoms with Gasteiger partial charge in [-0.2, -0.15) is 0 Å². The standard InChI is InChI=1S/C14H14N2O3/c17-13(18)14(7-4-8-14)15-12-9-11(16-19-12)10-5-2-1-3-6-10/h1-3,5-6,9,15H,4,7-8H2,(H,17,18). The molecule has 0 aliphatic heterocycles. The predicted molar refractivity (Wildman–Crippen MR) is 69.8 cm³/mol. The fourth-order valence-electron chi connectivity index (χ4n) is 2.24. The van der Waals surface area contributed by atoms with E-state index in [1.165, 1.54) is 0 Å². The number of carboxylic acids is 1. The molecule has 3 rings (SSSR count). The number of anilines is 1. The van der Waals surface area contributed by atoms with Gasteiger partial charge >= 0.3 is 5.97 Å². The first kappa shape index (κ1) is 11.8. The molecular weight excluding hydrogens is 244 g/mol. The van der Waals surface area contributed by atoms with Crippen LogP contribution in [0.1, 0.15) is 19.3 Å². The van der Waals surface area contributed by atoms with Crippen molar-refractivity contribution in [3.8, 4) is 11.3 Å². The van der Waals surface area contributed by atoms with Gasteiger partial charge in [-0.1, -0.05) is 35.5 Å². The molecule has 1 aromatic carbocycles. The van der Waals surface area contributed by atoms with Crippen LogP contribution in [0.15, 0.2) is 40.9 Å². The molecule has 0 spiro atoms. The zero-order valence-corrected chi connectivity index (χ0v) is 10.3. The third-order valence-electron chi connectivity index (χ3n) is 3.56. The first-order valence-electron chi connectivity index (χ1n) is 6.23. The van der Waals surface area contributed by atoms with Crippen LogP contribution in [0.5, 0.6) is 0 Å². The molecule has 0 atom stereocenters. The Bertz CT molecular complexity index is 588. The van der Waals surface area contributed by atoms with E-state index in [4.69, 9.17) is 4.52 Å². The zero-order chi connectivity index (χ0) is 13.3. The molecule has 1 heterocycles. The van der Waals surface area contributed by atoms with Crippen molar-refractivity contribution >= 4 is 11.9 Å². The van der Waals surface area contributed by atoms with Gasteiger partial charge in [-0.25, -0.2) is 4.79 Å². The second-order valence-electron chi connectivity index (χ2n) is 4.81. The van der Waals surface area contributed by atoms with Crippen molar-refractivity contribution in [2.24, 2.45) is 0 Å². The molecule has 1 aliphatic rings. The lowest BCUT2D eigenvalue weighted by Gasteiger charge is -2.37. The van der Waals surface area contributed by atoms with Crippen LogP contribution in [-0.4, -0.2) is 21.8 Å². The van der Waals surface area contributed by atoms with Gasteiger partial charge in [0.25, 0.3) is 0 Å². The number of nitrogens with zero attached hydrogens (tertiary/aromatic N) is 1. The van der Waals surface area contributed by atoms with E-state index in [0.717, 1.165) is 12.0 Å². The summed E-state index contributed by atoms with van der Waals surface area (Å²) in [6.45, 7) is 0. The summed E-state index contributed by atoms with van der Waals surface area (Å²) in [7, 11) is 0. The number of rotatable bonds is 4. The minimum Gasteiger partial charge on any atom is -0.480 e. The van der Waals surface area contributed by atoms with E-state index in [-0.39, 0.29) is 0 Å². The molecule has 5 heteroatoms. The Balaban J connectivity index is 1.81. The van der Waals surface area contributed by atoms with Crippen molar-refractivity contribution in [3.05, 3.63) is 36.4 Å². The summed E-state index contributed by atoms with van der Waals surface area (Å²) in [5.74, 6) is -0.433. The van der Waals surface area contributed by atoms with E-state index in [0.29, 0.717) is 24.4 Å². The number of aliphatic carboxylic acids is 1. The summed E-state index contributed by atoms with van der Waals surface area (Å²) in [6.07, 6.45) is 2.15. The molecular formula is C14H14N2O3. The van der Waals surface area contributed by atoms with Gasteiger partial charge in [0.15, 0.2) is 0 Å². The van der Waals surface area contributed by atoms with Crippen LogP contribution >= 0.6 is 0 Å². The molecule has 0 saturated heterocycles. The molecule has 1 aliphatic carbocycles. The van der Waals surface area contributed by atoms with E-state index in [1.807, 2.05) is 30.3 Å². The van der Waals surface area contributed by atoms with Crippen LogP contribution in [0.2, 0.25) is 0 Å². The molecule has 0 radical (unpaired) electrons. The summed E-state index contributed by atoms with van der Waals surface area (Å²) in [4.78, 5) is 11.3. The largest absolute Gasteiger partial charge is 0.480 e. The van der Waals surface area contributed by atoms with Gasteiger partial charge in [-0.05, 0) is 19.3 Å². The molecule has 0 unspecified atom stereocenters. The van der Waals surface area contributed by atoms with Gasteiger partial charge in [-0.3, -0.25) is 0 Å². The summed E-state index contributed by atoms with van der Waals surface area (Å²) in [6, 6.07) is 11.4. The van der Waals surface area contributed by atoms with Gasteiger partial charge in [0.2, 0.25) is 5.88 Å². The predicted octanol–water partition coefficient (Wildman–Crippen LogP) is 2.76. The zero-order valence-electron chi connectivity index (χ0n) is 10.3. The van der Waals surface area contributed by atoms with Crippen LogP contribution in [0.25, 0.3) is 11.3 Å². The van der Waals surface area contributed by atoms with Gasteiger partial charge in [-0.15, -0.1) is 0 Å². The van der Waals surface area contributed by atoms with Gasteiger partial charge in [0.1, 0.15) is 11.2 Å². The molecule has 1 aromatic heterocycles. The lowest BCUT2D eigenvalue weighted by atomic mass is 9.77. The fraction of sp³-hybridized carbons (Fsp3) is 0.286. The van der Waals surface area contributed by atoms with Crippen molar-refractivity contribution in [1.29, 1.82) is 0 Å². The number of benzene rings is 1. The summed E-state index contributed by atoms with van der Waals surface area (Å²) in [5, 5.41) is 16.2. The average molecular weight is 258 g/mol. The van der Waals surface area contributed by atoms with E-state index < -0.39 is 11.5 Å². The van der Waals surface area contributed by atoms with Crippen LogP contribution in [-0.2, 0) is 4.79 Å². The van der Waals surface area contributed by atoms with Crippen molar-refractivity contribution in [1.82, 2.24) is 5.16 Å². The van der Waals surface area contributed by atoms with Crippen LogP contribution in [0.4, 0.5) is 5.88 Å². The quantitative estimate of drug-likeness (QED) is 0.881. The Morgan fingerprint density at radius 1 is 1.32 bits per heavy atom. The Labute approximate surface area is 110 Å². The minimum atomic E-state index is -0.881. The van der Waals surface area contributed by atoms with Crippen LogP contribution in [0.3, 0.4) is 0 Å². The average Bonchev–Trinajstić information content (AvgIpc) is 2.83. The molecule has 1 fully saturated rings. The number of hydrogen-bond acceptors (Lipinski definition) is 4. The molecule has 2 N–H and O–H groups in total. The summed E-state index contributed by atoms with van der Waals surface area (Å²) in [5.41, 5.74) is 0.758. The topological polar surface area (TPSA) is 75.4 Å². The van der Waals surface area contributed by atoms with Crippen LogP contribution in [0, 0.1) is 0 Å². The Hall–Kier alpha value is -2.30. The molecule has 2 aromatic rings. The summed E-state index contributed by atoms with van der Waals surface area (Å²) < 4.78 is 5.18. The Kier molecular flexibility index (Phi) is 2.74. The monoisotopic (exact) mass is 258 g/mol. The first-order chi connectivity index (χ1) is 9.20. The smallest absolute Gasteiger partial charge is 0.329 e. The number of carboxylic acid groups (broad SMARTS) is 1. The van der Waals surface area contributed by atoms with E-state index >= 15 is 0 Å². The third kappa shape index (κ3) is 2.07. The van der Waals surface area contributed by atoms with E-state index in [1.54, 1.807) is 6.07 Å². The highest BCUT2D eigenvalue weighted by atomic mass is 16.5. The first-order valence-corrected chi connectivity index (χ1v) is 6.23. The molecule has 0 bridgehead atoms. The van der Waals surface area contributed by atoms with Crippen molar-refractivity contribution in [2.45, 2.75) is 24.8 Å². The number of aromatic nitrogens is 1.